The second kappa shape index (κ2) is 7.42. The molecule has 0 spiro atoms. The lowest BCUT2D eigenvalue weighted by atomic mass is 9.94. The molecule has 0 saturated carbocycles. The molecular weight excluding hydrogens is 368 g/mol. The number of rotatable bonds is 4. The number of pyridine rings is 2. The second-order valence-electron chi connectivity index (χ2n) is 8.29. The lowest BCUT2D eigenvalue weighted by Gasteiger charge is -2.13. The highest BCUT2D eigenvalue weighted by Gasteiger charge is 2.19. The normalized spacial score (nSPS) is 11.6. The van der Waals surface area contributed by atoms with Gasteiger partial charge in [-0.05, 0) is 54.2 Å². The van der Waals surface area contributed by atoms with Crippen LogP contribution in [0.15, 0.2) is 77.5 Å². The zero-order valence-electron chi connectivity index (χ0n) is 17.5. The molecule has 0 saturated heterocycles. The minimum absolute atomic E-state index is 0.645. The number of hydrogen-bond donors (Lipinski definition) is 0. The van der Waals surface area contributed by atoms with Gasteiger partial charge in [0.2, 0.25) is 5.71 Å². The van der Waals surface area contributed by atoms with Crippen LogP contribution in [0.4, 0.5) is 0 Å². The largest absolute Gasteiger partial charge is 0.437 e. The van der Waals surface area contributed by atoms with E-state index >= 15 is 0 Å². The molecule has 30 heavy (non-hydrogen) atoms. The quantitative estimate of drug-likeness (QED) is 0.324. The summed E-state index contributed by atoms with van der Waals surface area (Å²) in [5.74, 6) is 0.645. The van der Waals surface area contributed by atoms with Crippen molar-refractivity contribution in [2.75, 3.05) is 0 Å². The fraction of sp³-hybridized carbons (Fsp3) is 0.185. The molecule has 3 nitrogen and oxygen atoms in total. The molecule has 0 radical (unpaired) electrons. The van der Waals surface area contributed by atoms with Crippen molar-refractivity contribution in [2.45, 2.75) is 27.2 Å². The van der Waals surface area contributed by atoms with E-state index in [1.165, 1.54) is 5.56 Å². The van der Waals surface area contributed by atoms with E-state index in [0.29, 0.717) is 11.6 Å². The van der Waals surface area contributed by atoms with Gasteiger partial charge in [-0.25, -0.2) is 4.98 Å². The van der Waals surface area contributed by atoms with E-state index < -0.39 is 0 Å². The zero-order valence-corrected chi connectivity index (χ0v) is 17.5. The summed E-state index contributed by atoms with van der Waals surface area (Å²) < 4.78 is 6.22. The van der Waals surface area contributed by atoms with E-state index in [9.17, 15) is 0 Å². The summed E-state index contributed by atoms with van der Waals surface area (Å²) in [5.41, 5.74) is 8.26. The van der Waals surface area contributed by atoms with Crippen LogP contribution in [-0.2, 0) is 6.42 Å². The maximum Gasteiger partial charge on any atom is 0.227 e. The van der Waals surface area contributed by atoms with Gasteiger partial charge in [-0.15, -0.1) is 0 Å². The molecule has 0 aliphatic rings. The molecule has 148 valence electrons. The number of fused-ring (bicyclic) bond motifs is 3. The van der Waals surface area contributed by atoms with Gasteiger partial charge in [-0.2, -0.15) is 0 Å². The predicted octanol–water partition coefficient (Wildman–Crippen LogP) is 7.22. The first kappa shape index (κ1) is 18.6. The molecule has 0 bridgehead atoms. The van der Waals surface area contributed by atoms with Crippen LogP contribution >= 0.6 is 0 Å². The third-order valence-electron chi connectivity index (χ3n) is 5.58. The van der Waals surface area contributed by atoms with Gasteiger partial charge in [-0.1, -0.05) is 56.3 Å². The molecule has 0 amide bonds. The van der Waals surface area contributed by atoms with Crippen LogP contribution < -0.4 is 0 Å². The molecule has 0 aliphatic carbocycles. The Balaban J connectivity index is 1.71. The first-order valence-electron chi connectivity index (χ1n) is 10.4. The molecule has 3 heterocycles. The molecule has 0 N–H and O–H groups in total. The lowest BCUT2D eigenvalue weighted by molar-refractivity contribution is 0.647. The number of furan rings is 1. The number of aromatic nitrogens is 2. The summed E-state index contributed by atoms with van der Waals surface area (Å²) >= 11 is 0. The standard InChI is InChI=1S/C27H24N2O/c1-17(2)16-19-9-11-20(12-10-19)21-6-4-14-28-25(21)24-18(3)8-13-22-23-7-5-15-29-27(23)30-26(22)24/h4-15,17H,16H2,1-3H3. The monoisotopic (exact) mass is 392 g/mol. The summed E-state index contributed by atoms with van der Waals surface area (Å²) in [6.07, 6.45) is 4.71. The Kier molecular flexibility index (Phi) is 4.59. The molecule has 3 aromatic heterocycles. The van der Waals surface area contributed by atoms with Crippen molar-refractivity contribution >= 4 is 22.1 Å². The first-order valence-corrected chi connectivity index (χ1v) is 10.4. The summed E-state index contributed by atoms with van der Waals surface area (Å²) in [6.45, 7) is 6.61. The maximum absolute atomic E-state index is 6.22. The Morgan fingerprint density at radius 3 is 2.40 bits per heavy atom. The fourth-order valence-electron chi connectivity index (χ4n) is 4.20. The molecule has 5 rings (SSSR count). The molecule has 0 aliphatic heterocycles. The molecule has 0 fully saturated rings. The van der Waals surface area contributed by atoms with Crippen molar-refractivity contribution in [1.29, 1.82) is 0 Å². The summed E-state index contributed by atoms with van der Waals surface area (Å²) in [4.78, 5) is 9.21. The van der Waals surface area contributed by atoms with Crippen LogP contribution in [0.1, 0.15) is 25.0 Å². The van der Waals surface area contributed by atoms with E-state index in [1.54, 1.807) is 6.20 Å². The average molecular weight is 393 g/mol. The van der Waals surface area contributed by atoms with Crippen molar-refractivity contribution in [3.05, 3.63) is 84.2 Å². The van der Waals surface area contributed by atoms with Crippen LogP contribution in [0, 0.1) is 12.8 Å². The van der Waals surface area contributed by atoms with Crippen molar-refractivity contribution < 1.29 is 4.42 Å². The minimum atomic E-state index is 0.645. The predicted molar refractivity (Wildman–Crippen MR) is 123 cm³/mol. The van der Waals surface area contributed by atoms with Gasteiger partial charge >= 0.3 is 0 Å². The average Bonchev–Trinajstić information content (AvgIpc) is 3.12. The molecule has 2 aromatic carbocycles. The lowest BCUT2D eigenvalue weighted by Crippen LogP contribution is -1.95. The first-order chi connectivity index (χ1) is 14.6. The van der Waals surface area contributed by atoms with Gasteiger partial charge in [-0.3, -0.25) is 4.98 Å². The third-order valence-corrected chi connectivity index (χ3v) is 5.58. The fourth-order valence-corrected chi connectivity index (χ4v) is 4.20. The van der Waals surface area contributed by atoms with Crippen LogP contribution in [0.25, 0.3) is 44.5 Å². The van der Waals surface area contributed by atoms with Crippen LogP contribution in [0.5, 0.6) is 0 Å². The second-order valence-corrected chi connectivity index (χ2v) is 8.29. The Morgan fingerprint density at radius 1 is 0.833 bits per heavy atom. The van der Waals surface area contributed by atoms with Gasteiger partial charge in [0.15, 0.2) is 0 Å². The molecule has 3 heteroatoms. The van der Waals surface area contributed by atoms with E-state index in [4.69, 9.17) is 9.40 Å². The van der Waals surface area contributed by atoms with Gasteiger partial charge < -0.3 is 4.42 Å². The van der Waals surface area contributed by atoms with Crippen molar-refractivity contribution in [2.24, 2.45) is 5.92 Å². The highest BCUT2D eigenvalue weighted by Crippen LogP contribution is 2.40. The highest BCUT2D eigenvalue weighted by molar-refractivity contribution is 6.09. The van der Waals surface area contributed by atoms with Gasteiger partial charge in [0.05, 0.1) is 5.69 Å². The smallest absolute Gasteiger partial charge is 0.227 e. The molecule has 0 atom stereocenters. The number of hydrogen-bond acceptors (Lipinski definition) is 3. The van der Waals surface area contributed by atoms with Gasteiger partial charge in [0.25, 0.3) is 0 Å². The minimum Gasteiger partial charge on any atom is -0.437 e. The number of nitrogens with zero attached hydrogens (tertiary/aromatic N) is 2. The SMILES string of the molecule is Cc1ccc2c(oc3ncccc32)c1-c1ncccc1-c1ccc(CC(C)C)cc1. The van der Waals surface area contributed by atoms with Gasteiger partial charge in [0, 0.05) is 34.3 Å². The summed E-state index contributed by atoms with van der Waals surface area (Å²) in [6, 6.07) is 21.3. The van der Waals surface area contributed by atoms with E-state index in [0.717, 1.165) is 50.7 Å². The molecular formula is C27H24N2O. The topological polar surface area (TPSA) is 38.9 Å². The Bertz CT molecular complexity index is 1350. The summed E-state index contributed by atoms with van der Waals surface area (Å²) in [5, 5.41) is 2.10. The molecule has 5 aromatic rings. The maximum atomic E-state index is 6.22. The van der Waals surface area contributed by atoms with Crippen LogP contribution in [0.3, 0.4) is 0 Å². The van der Waals surface area contributed by atoms with E-state index in [1.807, 2.05) is 18.3 Å². The Hall–Kier alpha value is -3.46. The number of benzene rings is 2. The third kappa shape index (κ3) is 3.17. The Morgan fingerprint density at radius 2 is 1.60 bits per heavy atom. The van der Waals surface area contributed by atoms with Crippen LogP contribution in [-0.4, -0.2) is 9.97 Å². The van der Waals surface area contributed by atoms with Crippen molar-refractivity contribution in [3.8, 4) is 22.4 Å². The van der Waals surface area contributed by atoms with E-state index in [2.05, 4.69) is 74.3 Å². The zero-order chi connectivity index (χ0) is 20.7. The Labute approximate surface area is 176 Å². The van der Waals surface area contributed by atoms with Crippen molar-refractivity contribution in [3.63, 3.8) is 0 Å². The summed E-state index contributed by atoms with van der Waals surface area (Å²) in [7, 11) is 0. The number of aryl methyl sites for hydroxylation is 1. The molecule has 0 unspecified atom stereocenters. The highest BCUT2D eigenvalue weighted by atomic mass is 16.3. The van der Waals surface area contributed by atoms with E-state index in [-0.39, 0.29) is 0 Å². The van der Waals surface area contributed by atoms with Crippen molar-refractivity contribution in [1.82, 2.24) is 9.97 Å². The van der Waals surface area contributed by atoms with Crippen LogP contribution in [0.2, 0.25) is 0 Å². The van der Waals surface area contributed by atoms with Gasteiger partial charge in [0.1, 0.15) is 5.58 Å².